The van der Waals surface area contributed by atoms with Crippen molar-refractivity contribution in [1.29, 1.82) is 0 Å². The van der Waals surface area contributed by atoms with E-state index in [1.807, 2.05) is 13.2 Å². The molecular weight excluding hydrogens is 351 g/mol. The predicted octanol–water partition coefficient (Wildman–Crippen LogP) is 2.29. The fourth-order valence-electron chi connectivity index (χ4n) is 2.18. The van der Waals surface area contributed by atoms with Crippen LogP contribution in [-0.4, -0.2) is 47.8 Å². The zero-order valence-electron chi connectivity index (χ0n) is 13.9. The number of ether oxygens (including phenoxy) is 1. The second-order valence-electron chi connectivity index (χ2n) is 5.23. The molecular formula is C16H22Cl2N4O2. The molecule has 132 valence electrons. The Morgan fingerprint density at radius 3 is 2.62 bits per heavy atom. The Morgan fingerprint density at radius 1 is 1.42 bits per heavy atom. The summed E-state index contributed by atoms with van der Waals surface area (Å²) in [4.78, 5) is 14.2. The highest BCUT2D eigenvalue weighted by Crippen LogP contribution is 2.16. The number of carbonyl (C=O) groups excluding carboxylic acids is 1. The number of aryl methyl sites for hydroxylation is 1. The van der Waals surface area contributed by atoms with Crippen LogP contribution in [0.4, 0.5) is 0 Å². The number of benzene rings is 1. The smallest absolute Gasteiger partial charge is 0.244 e. The lowest BCUT2D eigenvalue weighted by Gasteiger charge is -2.23. The maximum Gasteiger partial charge on any atom is 0.244 e. The highest BCUT2D eigenvalue weighted by Gasteiger charge is 2.23. The van der Waals surface area contributed by atoms with E-state index in [0.29, 0.717) is 18.2 Å². The summed E-state index contributed by atoms with van der Waals surface area (Å²) in [5.74, 6) is 0.702. The first-order valence-corrected chi connectivity index (χ1v) is 7.68. The normalized spacial score (nSPS) is 11.5. The highest BCUT2D eigenvalue weighted by atomic mass is 35.5. The number of carbonyl (C=O) groups is 1. The summed E-state index contributed by atoms with van der Waals surface area (Å²) >= 11 is 5.83. The van der Waals surface area contributed by atoms with Crippen LogP contribution in [0.1, 0.15) is 11.6 Å². The van der Waals surface area contributed by atoms with Crippen LogP contribution >= 0.6 is 24.0 Å². The van der Waals surface area contributed by atoms with Gasteiger partial charge in [0.2, 0.25) is 5.91 Å². The van der Waals surface area contributed by atoms with Crippen LogP contribution in [0.15, 0.2) is 36.7 Å². The second kappa shape index (κ2) is 9.52. The molecule has 1 amide bonds. The molecule has 1 atom stereocenters. The lowest BCUT2D eigenvalue weighted by atomic mass is 10.1. The largest absolute Gasteiger partial charge is 0.492 e. The molecule has 0 saturated heterocycles. The summed E-state index contributed by atoms with van der Waals surface area (Å²) in [6.45, 7) is 0.896. The number of hydrogen-bond acceptors (Lipinski definition) is 4. The average molecular weight is 373 g/mol. The van der Waals surface area contributed by atoms with Crippen LogP contribution in [-0.2, 0) is 11.8 Å². The van der Waals surface area contributed by atoms with Gasteiger partial charge in [-0.05, 0) is 31.3 Å². The Morgan fingerprint density at radius 2 is 2.08 bits per heavy atom. The van der Waals surface area contributed by atoms with Crippen LogP contribution in [0.2, 0.25) is 5.02 Å². The number of nitrogens with zero attached hydrogens (tertiary/aromatic N) is 3. The Bertz CT molecular complexity index is 646. The summed E-state index contributed by atoms with van der Waals surface area (Å²) in [5.41, 5.74) is 0.838. The first kappa shape index (κ1) is 20.3. The molecule has 8 heteroatoms. The fraction of sp³-hybridized carbons (Fsp3) is 0.375. The minimum Gasteiger partial charge on any atom is -0.492 e. The van der Waals surface area contributed by atoms with Gasteiger partial charge in [0, 0.05) is 30.9 Å². The molecule has 6 nitrogen and oxygen atoms in total. The van der Waals surface area contributed by atoms with Crippen LogP contribution in [0, 0.1) is 0 Å². The van der Waals surface area contributed by atoms with Crippen LogP contribution < -0.4 is 10.1 Å². The van der Waals surface area contributed by atoms with Crippen molar-refractivity contribution in [1.82, 2.24) is 20.0 Å². The third-order valence-corrected chi connectivity index (χ3v) is 3.73. The highest BCUT2D eigenvalue weighted by molar-refractivity contribution is 6.30. The Labute approximate surface area is 153 Å². The zero-order chi connectivity index (χ0) is 16.8. The molecule has 0 saturated carbocycles. The summed E-state index contributed by atoms with van der Waals surface area (Å²) < 4.78 is 7.29. The molecule has 0 spiro atoms. The van der Waals surface area contributed by atoms with Gasteiger partial charge in [0.25, 0.3) is 0 Å². The van der Waals surface area contributed by atoms with E-state index < -0.39 is 6.04 Å². The van der Waals surface area contributed by atoms with E-state index >= 15 is 0 Å². The van der Waals surface area contributed by atoms with Gasteiger partial charge >= 0.3 is 0 Å². The number of nitrogens with one attached hydrogen (secondary N) is 1. The molecule has 0 aliphatic rings. The number of halogens is 2. The Kier molecular flexibility index (Phi) is 8.04. The Balaban J connectivity index is 0.00000288. The van der Waals surface area contributed by atoms with Gasteiger partial charge in [-0.25, -0.2) is 0 Å². The van der Waals surface area contributed by atoms with Crippen molar-refractivity contribution in [3.8, 4) is 5.75 Å². The zero-order valence-corrected chi connectivity index (χ0v) is 15.5. The lowest BCUT2D eigenvalue weighted by Crippen LogP contribution is -2.39. The molecule has 1 heterocycles. The van der Waals surface area contributed by atoms with Gasteiger partial charge in [-0.3, -0.25) is 9.48 Å². The number of likely N-dealkylation sites (N-methyl/N-ethyl adjacent to an activating group) is 2. The molecule has 0 aliphatic heterocycles. The standard InChI is InChI=1S/C16H21ClN4O2.ClH/c1-18-15(12-10-19-21(3)11-12)16(22)20(2)8-9-23-14-6-4-13(17)5-7-14;/h4-7,10-11,15,18H,8-9H2,1-3H3;1H. The molecule has 1 N–H and O–H groups in total. The molecule has 1 unspecified atom stereocenters. The summed E-state index contributed by atoms with van der Waals surface area (Å²) in [7, 11) is 5.34. The SMILES string of the molecule is CNC(C(=O)N(C)CCOc1ccc(Cl)cc1)c1cnn(C)c1.Cl. The third kappa shape index (κ3) is 5.40. The second-order valence-corrected chi connectivity index (χ2v) is 5.67. The molecule has 0 bridgehead atoms. The van der Waals surface area contributed by atoms with E-state index in [1.165, 1.54) is 0 Å². The fourth-order valence-corrected chi connectivity index (χ4v) is 2.31. The van der Waals surface area contributed by atoms with Crippen molar-refractivity contribution < 1.29 is 9.53 Å². The van der Waals surface area contributed by atoms with E-state index in [1.54, 1.807) is 54.1 Å². The first-order valence-electron chi connectivity index (χ1n) is 7.30. The van der Waals surface area contributed by atoms with Gasteiger partial charge < -0.3 is 15.0 Å². The van der Waals surface area contributed by atoms with E-state index in [4.69, 9.17) is 16.3 Å². The van der Waals surface area contributed by atoms with Crippen molar-refractivity contribution in [3.05, 3.63) is 47.2 Å². The molecule has 2 rings (SSSR count). The molecule has 1 aromatic carbocycles. The van der Waals surface area contributed by atoms with Crippen molar-refractivity contribution in [3.63, 3.8) is 0 Å². The van der Waals surface area contributed by atoms with Crippen LogP contribution in [0.25, 0.3) is 0 Å². The molecule has 1 aromatic heterocycles. The van der Waals surface area contributed by atoms with E-state index in [2.05, 4.69) is 10.4 Å². The maximum absolute atomic E-state index is 12.5. The van der Waals surface area contributed by atoms with Crippen molar-refractivity contribution >= 4 is 29.9 Å². The average Bonchev–Trinajstić information content (AvgIpc) is 2.96. The van der Waals surface area contributed by atoms with Gasteiger partial charge in [-0.2, -0.15) is 5.10 Å². The van der Waals surface area contributed by atoms with E-state index in [-0.39, 0.29) is 18.3 Å². The van der Waals surface area contributed by atoms with Crippen molar-refractivity contribution in [2.75, 3.05) is 27.2 Å². The van der Waals surface area contributed by atoms with Crippen LogP contribution in [0.3, 0.4) is 0 Å². The molecule has 0 radical (unpaired) electrons. The minimum absolute atomic E-state index is 0. The molecule has 2 aromatic rings. The van der Waals surface area contributed by atoms with Crippen molar-refractivity contribution in [2.45, 2.75) is 6.04 Å². The van der Waals surface area contributed by atoms with Gasteiger partial charge in [0.15, 0.2) is 0 Å². The number of amides is 1. The van der Waals surface area contributed by atoms with Crippen molar-refractivity contribution in [2.24, 2.45) is 7.05 Å². The monoisotopic (exact) mass is 372 g/mol. The van der Waals surface area contributed by atoms with E-state index in [0.717, 1.165) is 11.3 Å². The first-order chi connectivity index (χ1) is 11.0. The van der Waals surface area contributed by atoms with Crippen LogP contribution in [0.5, 0.6) is 5.75 Å². The number of aromatic nitrogens is 2. The summed E-state index contributed by atoms with van der Waals surface area (Å²) in [6.07, 6.45) is 3.52. The van der Waals surface area contributed by atoms with Gasteiger partial charge in [0.1, 0.15) is 18.4 Å². The Hall–Kier alpha value is -1.76. The predicted molar refractivity (Wildman–Crippen MR) is 96.8 cm³/mol. The summed E-state index contributed by atoms with van der Waals surface area (Å²) in [6, 6.07) is 6.73. The molecule has 0 fully saturated rings. The topological polar surface area (TPSA) is 59.4 Å². The molecule has 0 aliphatic carbocycles. The number of hydrogen-bond donors (Lipinski definition) is 1. The quantitative estimate of drug-likeness (QED) is 0.809. The van der Waals surface area contributed by atoms with Gasteiger partial charge in [0.05, 0.1) is 12.7 Å². The number of rotatable bonds is 7. The van der Waals surface area contributed by atoms with Gasteiger partial charge in [-0.15, -0.1) is 12.4 Å². The molecule has 24 heavy (non-hydrogen) atoms. The summed E-state index contributed by atoms with van der Waals surface area (Å²) in [5, 5.41) is 7.80. The third-order valence-electron chi connectivity index (χ3n) is 3.48. The van der Waals surface area contributed by atoms with Gasteiger partial charge in [-0.1, -0.05) is 11.6 Å². The minimum atomic E-state index is -0.413. The lowest BCUT2D eigenvalue weighted by molar-refractivity contribution is -0.132. The maximum atomic E-state index is 12.5. The van der Waals surface area contributed by atoms with E-state index in [9.17, 15) is 4.79 Å².